The molecule has 0 spiro atoms. The fraction of sp³-hybridized carbons (Fsp3) is 0.294. The Bertz CT molecular complexity index is 817. The van der Waals surface area contributed by atoms with Gasteiger partial charge in [0.25, 0.3) is 0 Å². The Labute approximate surface area is 150 Å². The van der Waals surface area contributed by atoms with Crippen LogP contribution in [0.1, 0.15) is 20.8 Å². The number of anilines is 2. The molecule has 1 aromatic carbocycles. The molecule has 138 valence electrons. The summed E-state index contributed by atoms with van der Waals surface area (Å²) in [4.78, 5) is 26.5. The van der Waals surface area contributed by atoms with Gasteiger partial charge in [-0.2, -0.15) is 0 Å². The molecule has 1 heterocycles. The minimum atomic E-state index is -0.626. The monoisotopic (exact) mass is 360 g/mol. The average molecular weight is 360 g/mol. The van der Waals surface area contributed by atoms with E-state index in [0.29, 0.717) is 11.4 Å². The van der Waals surface area contributed by atoms with Crippen molar-refractivity contribution in [1.82, 2.24) is 4.98 Å². The van der Waals surface area contributed by atoms with E-state index in [1.807, 2.05) is 0 Å². The highest BCUT2D eigenvalue weighted by molar-refractivity contribution is 5.85. The van der Waals surface area contributed by atoms with Crippen molar-refractivity contribution in [2.45, 2.75) is 26.4 Å². The Morgan fingerprint density at radius 2 is 2.00 bits per heavy atom. The molecule has 2 N–H and O–H groups in total. The molecule has 0 fully saturated rings. The Balaban J connectivity index is 2.22. The Morgan fingerprint density at radius 3 is 2.62 bits per heavy atom. The van der Waals surface area contributed by atoms with E-state index in [9.17, 15) is 14.9 Å². The van der Waals surface area contributed by atoms with E-state index in [1.54, 1.807) is 39.0 Å². The minimum Gasteiger partial charge on any atom is -0.450 e. The van der Waals surface area contributed by atoms with Crippen molar-refractivity contribution in [2.24, 2.45) is 0 Å². The van der Waals surface area contributed by atoms with E-state index in [1.165, 1.54) is 25.4 Å². The summed E-state index contributed by atoms with van der Waals surface area (Å²) in [5, 5.41) is 16.5. The highest BCUT2D eigenvalue weighted by Crippen LogP contribution is 2.36. The number of nitrogens with zero attached hydrogens (tertiary/aromatic N) is 2. The van der Waals surface area contributed by atoms with Gasteiger partial charge in [-0.3, -0.25) is 15.4 Å². The molecule has 0 atom stereocenters. The molecule has 9 heteroatoms. The van der Waals surface area contributed by atoms with Crippen molar-refractivity contribution in [2.75, 3.05) is 17.7 Å². The fourth-order valence-electron chi connectivity index (χ4n) is 2.06. The van der Waals surface area contributed by atoms with Gasteiger partial charge in [-0.05, 0) is 32.9 Å². The predicted molar refractivity (Wildman–Crippen MR) is 96.8 cm³/mol. The van der Waals surface area contributed by atoms with Crippen LogP contribution in [0.25, 0.3) is 0 Å². The van der Waals surface area contributed by atoms with Crippen LogP contribution < -0.4 is 15.4 Å². The molecule has 0 radical (unpaired) electrons. The van der Waals surface area contributed by atoms with Gasteiger partial charge in [0.2, 0.25) is 11.6 Å². The zero-order valence-corrected chi connectivity index (χ0v) is 14.9. The second-order valence-corrected chi connectivity index (χ2v) is 6.27. The predicted octanol–water partition coefficient (Wildman–Crippen LogP) is 4.17. The number of nitro groups is 1. The molecule has 1 amide bonds. The van der Waals surface area contributed by atoms with E-state index < -0.39 is 16.6 Å². The van der Waals surface area contributed by atoms with Gasteiger partial charge in [0.05, 0.1) is 4.92 Å². The third kappa shape index (κ3) is 5.07. The highest BCUT2D eigenvalue weighted by atomic mass is 16.6. The first kappa shape index (κ1) is 19.0. The van der Waals surface area contributed by atoms with Gasteiger partial charge in [0.1, 0.15) is 11.4 Å². The first-order chi connectivity index (χ1) is 12.2. The minimum absolute atomic E-state index is 0.0313. The summed E-state index contributed by atoms with van der Waals surface area (Å²) in [5.41, 5.74) is -0.470. The summed E-state index contributed by atoms with van der Waals surface area (Å²) in [5.74, 6) is 0.439. The number of carbonyl (C=O) groups is 1. The number of benzene rings is 1. The van der Waals surface area contributed by atoms with E-state index in [2.05, 4.69) is 15.6 Å². The van der Waals surface area contributed by atoms with Crippen LogP contribution in [0.15, 0.2) is 36.5 Å². The fourth-order valence-corrected chi connectivity index (χ4v) is 2.06. The van der Waals surface area contributed by atoms with Gasteiger partial charge in [-0.1, -0.05) is 6.07 Å². The van der Waals surface area contributed by atoms with Crippen molar-refractivity contribution in [3.63, 3.8) is 0 Å². The van der Waals surface area contributed by atoms with Gasteiger partial charge in [0.15, 0.2) is 0 Å². The Kier molecular flexibility index (Phi) is 5.61. The quantitative estimate of drug-likeness (QED) is 0.607. The summed E-state index contributed by atoms with van der Waals surface area (Å²) >= 11 is 0. The van der Waals surface area contributed by atoms with Crippen LogP contribution in [0.5, 0.6) is 11.5 Å². The SMILES string of the molecule is CNc1nccc(Oc2cccc(NC(=O)OC(C)(C)C)c2)c1[N+](=O)[O-]. The molecule has 2 rings (SSSR count). The Hall–Kier alpha value is -3.36. The molecule has 9 nitrogen and oxygen atoms in total. The van der Waals surface area contributed by atoms with Crippen molar-refractivity contribution in [1.29, 1.82) is 0 Å². The van der Waals surface area contributed by atoms with E-state index in [0.717, 1.165) is 0 Å². The molecular weight excluding hydrogens is 340 g/mol. The maximum Gasteiger partial charge on any atom is 0.412 e. The molecule has 2 aromatic rings. The van der Waals surface area contributed by atoms with E-state index in [4.69, 9.17) is 9.47 Å². The molecule has 0 aliphatic heterocycles. The Morgan fingerprint density at radius 1 is 1.27 bits per heavy atom. The first-order valence-electron chi connectivity index (χ1n) is 7.78. The topological polar surface area (TPSA) is 116 Å². The smallest absolute Gasteiger partial charge is 0.412 e. The van der Waals surface area contributed by atoms with Crippen molar-refractivity contribution in [3.05, 3.63) is 46.6 Å². The summed E-state index contributed by atoms with van der Waals surface area (Å²) in [6.07, 6.45) is 0.791. The zero-order valence-electron chi connectivity index (χ0n) is 14.9. The third-order valence-electron chi connectivity index (χ3n) is 3.01. The normalized spacial score (nSPS) is 10.8. The second kappa shape index (κ2) is 7.68. The second-order valence-electron chi connectivity index (χ2n) is 6.27. The van der Waals surface area contributed by atoms with Crippen LogP contribution >= 0.6 is 0 Å². The van der Waals surface area contributed by atoms with Crippen LogP contribution in [0.2, 0.25) is 0 Å². The van der Waals surface area contributed by atoms with Crippen molar-refractivity contribution < 1.29 is 19.2 Å². The lowest BCUT2D eigenvalue weighted by Gasteiger charge is -2.19. The number of hydrogen-bond acceptors (Lipinski definition) is 7. The first-order valence-corrected chi connectivity index (χ1v) is 7.78. The van der Waals surface area contributed by atoms with Crippen LogP contribution in [0.3, 0.4) is 0 Å². The zero-order chi connectivity index (χ0) is 19.3. The summed E-state index contributed by atoms with van der Waals surface area (Å²) in [6, 6.07) is 7.84. The lowest BCUT2D eigenvalue weighted by molar-refractivity contribution is -0.385. The van der Waals surface area contributed by atoms with Gasteiger partial charge in [-0.15, -0.1) is 0 Å². The lowest BCUT2D eigenvalue weighted by atomic mass is 10.2. The average Bonchev–Trinajstić information content (AvgIpc) is 2.52. The maximum atomic E-state index is 11.8. The van der Waals surface area contributed by atoms with Crippen LogP contribution in [-0.4, -0.2) is 28.6 Å². The van der Waals surface area contributed by atoms with Crippen LogP contribution in [-0.2, 0) is 4.74 Å². The largest absolute Gasteiger partial charge is 0.450 e. The third-order valence-corrected chi connectivity index (χ3v) is 3.01. The van der Waals surface area contributed by atoms with E-state index >= 15 is 0 Å². The number of pyridine rings is 1. The molecule has 0 aliphatic rings. The number of rotatable bonds is 5. The summed E-state index contributed by atoms with van der Waals surface area (Å²) in [7, 11) is 1.53. The molecule has 0 saturated carbocycles. The molecular formula is C17H20N4O5. The van der Waals surface area contributed by atoms with Crippen LogP contribution in [0, 0.1) is 10.1 Å². The molecule has 0 bridgehead atoms. The molecule has 0 unspecified atom stereocenters. The molecule has 0 aliphatic carbocycles. The number of hydrogen-bond donors (Lipinski definition) is 2. The van der Waals surface area contributed by atoms with Gasteiger partial charge < -0.3 is 14.8 Å². The van der Waals surface area contributed by atoms with E-state index in [-0.39, 0.29) is 17.3 Å². The number of amides is 1. The van der Waals surface area contributed by atoms with Gasteiger partial charge in [0, 0.05) is 31.1 Å². The lowest BCUT2D eigenvalue weighted by Crippen LogP contribution is -2.27. The number of nitrogens with one attached hydrogen (secondary N) is 2. The summed E-state index contributed by atoms with van der Waals surface area (Å²) in [6.45, 7) is 5.27. The highest BCUT2D eigenvalue weighted by Gasteiger charge is 2.22. The molecule has 1 aromatic heterocycles. The number of aromatic nitrogens is 1. The molecule has 0 saturated heterocycles. The van der Waals surface area contributed by atoms with Crippen LogP contribution in [0.4, 0.5) is 22.0 Å². The maximum absolute atomic E-state index is 11.8. The molecule has 26 heavy (non-hydrogen) atoms. The van der Waals surface area contributed by atoms with Gasteiger partial charge >= 0.3 is 11.8 Å². The van der Waals surface area contributed by atoms with Crippen molar-refractivity contribution >= 4 is 23.3 Å². The van der Waals surface area contributed by atoms with Gasteiger partial charge in [-0.25, -0.2) is 9.78 Å². The summed E-state index contributed by atoms with van der Waals surface area (Å²) < 4.78 is 10.8. The number of ether oxygens (including phenoxy) is 2. The standard InChI is InChI=1S/C17H20N4O5/c1-17(2,3)26-16(22)20-11-6-5-7-12(10-11)25-13-8-9-19-15(18-4)14(13)21(23)24/h5-10H,1-4H3,(H,18,19)(H,20,22). The van der Waals surface area contributed by atoms with Crippen molar-refractivity contribution in [3.8, 4) is 11.5 Å². The number of carbonyl (C=O) groups excluding carboxylic acids is 1.